The molecule has 1 N–H and O–H groups in total. The number of ether oxygens (including phenoxy) is 1. The zero-order chi connectivity index (χ0) is 20.9. The molecule has 6 nitrogen and oxygen atoms in total. The quantitative estimate of drug-likeness (QED) is 0.230. The SMILES string of the molecule is CC=Nc1ccc(C(=O)NN=O)cc1CCCCCOCc1ccc(CF)cc1. The van der Waals surface area contributed by atoms with E-state index in [1.54, 1.807) is 36.5 Å². The lowest BCUT2D eigenvalue weighted by Gasteiger charge is -2.09. The number of aryl methyl sites for hydroxylation is 1. The predicted octanol–water partition coefficient (Wildman–Crippen LogP) is 5.22. The zero-order valence-electron chi connectivity index (χ0n) is 16.6. The molecule has 0 radical (unpaired) electrons. The number of hydrogen-bond acceptors (Lipinski definition) is 5. The second-order valence-corrected chi connectivity index (χ2v) is 6.58. The molecule has 0 aliphatic rings. The number of amides is 1. The number of carbonyl (C=O) groups excluding carboxylic acids is 1. The minimum absolute atomic E-state index is 0.386. The van der Waals surface area contributed by atoms with Crippen molar-refractivity contribution in [3.05, 3.63) is 69.6 Å². The fourth-order valence-corrected chi connectivity index (χ4v) is 2.91. The first-order chi connectivity index (χ1) is 14.2. The molecule has 7 heteroatoms. The van der Waals surface area contributed by atoms with Crippen LogP contribution in [-0.2, 0) is 24.4 Å². The van der Waals surface area contributed by atoms with Crippen LogP contribution >= 0.6 is 0 Å². The molecule has 1 amide bonds. The fourth-order valence-electron chi connectivity index (χ4n) is 2.91. The molecule has 0 heterocycles. The van der Waals surface area contributed by atoms with Gasteiger partial charge in [-0.25, -0.2) is 9.82 Å². The Balaban J connectivity index is 1.76. The minimum Gasteiger partial charge on any atom is -0.377 e. The molecule has 2 aromatic carbocycles. The smallest absolute Gasteiger partial charge is 0.273 e. The van der Waals surface area contributed by atoms with Crippen LogP contribution in [-0.4, -0.2) is 18.7 Å². The van der Waals surface area contributed by atoms with Gasteiger partial charge in [0.2, 0.25) is 0 Å². The monoisotopic (exact) mass is 399 g/mol. The summed E-state index contributed by atoms with van der Waals surface area (Å²) < 4.78 is 18.2. The van der Waals surface area contributed by atoms with Crippen molar-refractivity contribution in [3.63, 3.8) is 0 Å². The largest absolute Gasteiger partial charge is 0.377 e. The van der Waals surface area contributed by atoms with Crippen LogP contribution in [0.1, 0.15) is 53.2 Å². The lowest BCUT2D eigenvalue weighted by Crippen LogP contribution is -2.16. The summed E-state index contributed by atoms with van der Waals surface area (Å²) in [6.07, 6.45) is 5.30. The zero-order valence-corrected chi connectivity index (χ0v) is 16.6. The summed E-state index contributed by atoms with van der Waals surface area (Å²) in [6, 6.07) is 12.5. The number of alkyl halides is 1. The topological polar surface area (TPSA) is 80.1 Å². The number of halogens is 1. The minimum atomic E-state index is -0.527. The van der Waals surface area contributed by atoms with Gasteiger partial charge in [-0.2, -0.15) is 0 Å². The number of rotatable bonds is 12. The molecule has 0 spiro atoms. The van der Waals surface area contributed by atoms with Gasteiger partial charge in [-0.3, -0.25) is 9.79 Å². The van der Waals surface area contributed by atoms with Crippen LogP contribution in [0, 0.1) is 4.91 Å². The highest BCUT2D eigenvalue weighted by Crippen LogP contribution is 2.23. The van der Waals surface area contributed by atoms with Crippen LogP contribution < -0.4 is 5.43 Å². The van der Waals surface area contributed by atoms with Crippen molar-refractivity contribution >= 4 is 17.8 Å². The van der Waals surface area contributed by atoms with E-state index in [2.05, 4.69) is 10.3 Å². The summed E-state index contributed by atoms with van der Waals surface area (Å²) in [5.41, 5.74) is 5.77. The summed E-state index contributed by atoms with van der Waals surface area (Å²) in [6.45, 7) is 2.55. The Kier molecular flexibility index (Phi) is 9.65. The van der Waals surface area contributed by atoms with Crippen molar-refractivity contribution in [2.45, 2.75) is 45.9 Å². The van der Waals surface area contributed by atoms with Gasteiger partial charge in [-0.05, 0) is 61.1 Å². The molecule has 0 aliphatic carbocycles. The highest BCUT2D eigenvalue weighted by molar-refractivity contribution is 5.94. The van der Waals surface area contributed by atoms with E-state index < -0.39 is 12.6 Å². The van der Waals surface area contributed by atoms with Crippen molar-refractivity contribution in [3.8, 4) is 0 Å². The third-order valence-electron chi connectivity index (χ3n) is 4.44. The van der Waals surface area contributed by atoms with Crippen LogP contribution in [0.15, 0.2) is 52.7 Å². The Hall–Kier alpha value is -2.93. The lowest BCUT2D eigenvalue weighted by molar-refractivity contribution is 0.0954. The van der Waals surface area contributed by atoms with Gasteiger partial charge < -0.3 is 4.74 Å². The van der Waals surface area contributed by atoms with Gasteiger partial charge in [0, 0.05) is 18.4 Å². The van der Waals surface area contributed by atoms with Gasteiger partial charge in [0.25, 0.3) is 5.91 Å². The molecule has 0 unspecified atom stereocenters. The van der Waals surface area contributed by atoms with Gasteiger partial charge in [0.1, 0.15) is 6.67 Å². The normalized spacial score (nSPS) is 11.0. The number of aliphatic imine (C=N–C) groups is 1. The highest BCUT2D eigenvalue weighted by atomic mass is 19.1. The second kappa shape index (κ2) is 12.5. The summed E-state index contributed by atoms with van der Waals surface area (Å²) in [7, 11) is 0. The maximum Gasteiger partial charge on any atom is 0.273 e. The highest BCUT2D eigenvalue weighted by Gasteiger charge is 2.09. The first-order valence-electron chi connectivity index (χ1n) is 9.63. The average Bonchev–Trinajstić information content (AvgIpc) is 2.74. The number of nitrogens with zero attached hydrogens (tertiary/aromatic N) is 2. The molecular weight excluding hydrogens is 373 g/mol. The molecule has 0 atom stereocenters. The number of nitroso groups, excluding NO2 is 1. The number of nitrogens with one attached hydrogen (secondary N) is 1. The van der Waals surface area contributed by atoms with Gasteiger partial charge in [-0.1, -0.05) is 30.7 Å². The molecule has 0 fully saturated rings. The second-order valence-electron chi connectivity index (χ2n) is 6.58. The van der Waals surface area contributed by atoms with E-state index in [-0.39, 0.29) is 0 Å². The summed E-state index contributed by atoms with van der Waals surface area (Å²) in [5.74, 6) is -0.527. The molecule has 2 aromatic rings. The van der Waals surface area contributed by atoms with E-state index in [4.69, 9.17) is 4.74 Å². The third-order valence-corrected chi connectivity index (χ3v) is 4.44. The van der Waals surface area contributed by atoms with Crippen LogP contribution in [0.3, 0.4) is 0 Å². The fraction of sp³-hybridized carbons (Fsp3) is 0.364. The first kappa shape index (κ1) is 22.4. The van der Waals surface area contributed by atoms with E-state index in [0.29, 0.717) is 24.3 Å². The molecule has 2 rings (SSSR count). The third kappa shape index (κ3) is 7.54. The molecule has 29 heavy (non-hydrogen) atoms. The molecule has 0 saturated heterocycles. The molecular formula is C22H26FN3O3. The molecule has 0 saturated carbocycles. The Morgan fingerprint density at radius 1 is 1.10 bits per heavy atom. The van der Waals surface area contributed by atoms with Crippen LogP contribution in [0.4, 0.5) is 10.1 Å². The molecule has 154 valence electrons. The van der Waals surface area contributed by atoms with Gasteiger partial charge in [0.15, 0.2) is 0 Å². The number of unbranched alkanes of at least 4 members (excludes halogenated alkanes) is 2. The van der Waals surface area contributed by atoms with Crippen LogP contribution in [0.25, 0.3) is 0 Å². The van der Waals surface area contributed by atoms with Gasteiger partial charge in [-0.15, -0.1) is 4.91 Å². The number of benzene rings is 2. The summed E-state index contributed by atoms with van der Waals surface area (Å²) >= 11 is 0. The Bertz CT molecular complexity index is 823. The maximum absolute atomic E-state index is 12.5. The standard InChI is InChI=1S/C22H26FN3O3/c1-2-24-21-12-11-20(22(27)25-26-28)14-19(21)6-4-3-5-13-29-16-18-9-7-17(15-23)8-10-18/h2,7-12,14H,3-6,13,15-16H2,1H3,(H,25,27,28). The lowest BCUT2D eigenvalue weighted by atomic mass is 10.0. The van der Waals surface area contributed by atoms with Gasteiger partial charge in [0.05, 0.1) is 17.6 Å². The maximum atomic E-state index is 12.5. The van der Waals surface area contributed by atoms with E-state index in [1.807, 2.05) is 24.5 Å². The Morgan fingerprint density at radius 2 is 1.86 bits per heavy atom. The van der Waals surface area contributed by atoms with E-state index in [9.17, 15) is 14.1 Å². The van der Waals surface area contributed by atoms with Crippen molar-refractivity contribution in [1.82, 2.24) is 5.43 Å². The van der Waals surface area contributed by atoms with E-state index in [0.717, 1.165) is 42.5 Å². The number of carbonyl (C=O) groups is 1. The van der Waals surface area contributed by atoms with Crippen molar-refractivity contribution in [2.75, 3.05) is 6.61 Å². The van der Waals surface area contributed by atoms with Crippen LogP contribution in [0.5, 0.6) is 0 Å². The van der Waals surface area contributed by atoms with E-state index >= 15 is 0 Å². The Morgan fingerprint density at radius 3 is 2.55 bits per heavy atom. The average molecular weight is 399 g/mol. The van der Waals surface area contributed by atoms with E-state index in [1.165, 1.54) is 0 Å². The number of hydrogen-bond donors (Lipinski definition) is 1. The van der Waals surface area contributed by atoms with Gasteiger partial charge >= 0.3 is 0 Å². The molecule has 0 bridgehead atoms. The predicted molar refractivity (Wildman–Crippen MR) is 112 cm³/mol. The van der Waals surface area contributed by atoms with Crippen LogP contribution in [0.2, 0.25) is 0 Å². The molecule has 0 aliphatic heterocycles. The summed E-state index contributed by atoms with van der Waals surface area (Å²) in [5, 5.41) is 2.43. The van der Waals surface area contributed by atoms with Crippen molar-refractivity contribution in [2.24, 2.45) is 10.3 Å². The Labute approximate surface area is 170 Å². The summed E-state index contributed by atoms with van der Waals surface area (Å²) in [4.78, 5) is 26.4. The first-order valence-corrected chi connectivity index (χ1v) is 9.63. The molecule has 0 aromatic heterocycles. The van der Waals surface area contributed by atoms with Crippen molar-refractivity contribution in [1.29, 1.82) is 0 Å². The van der Waals surface area contributed by atoms with Crippen molar-refractivity contribution < 1.29 is 13.9 Å².